The van der Waals surface area contributed by atoms with Crippen LogP contribution in [0, 0.1) is 0 Å². The average molecular weight is 148 g/mol. The zero-order valence-electron chi connectivity index (χ0n) is 6.51. The Morgan fingerprint density at radius 3 is 2.60 bits per heavy atom. The number of ether oxygens (including phenoxy) is 2. The predicted molar refractivity (Wildman–Crippen MR) is 38.8 cm³/mol. The fourth-order valence-electron chi connectivity index (χ4n) is 0.517. The van der Waals surface area contributed by atoms with Crippen molar-refractivity contribution in [2.24, 2.45) is 0 Å². The summed E-state index contributed by atoms with van der Waals surface area (Å²) in [4.78, 5) is 0. The summed E-state index contributed by atoms with van der Waals surface area (Å²) in [5, 5.41) is 8.38. The van der Waals surface area contributed by atoms with Crippen LogP contribution < -0.4 is 0 Å². The first-order valence-corrected chi connectivity index (χ1v) is 3.68. The summed E-state index contributed by atoms with van der Waals surface area (Å²) in [6.45, 7) is 3.93. The van der Waals surface area contributed by atoms with E-state index in [4.69, 9.17) is 14.6 Å². The van der Waals surface area contributed by atoms with E-state index in [1.54, 1.807) is 0 Å². The Balaban J connectivity index is 2.65. The van der Waals surface area contributed by atoms with Crippen LogP contribution in [0.1, 0.15) is 19.8 Å². The number of aliphatic hydroxyl groups is 1. The first-order valence-electron chi connectivity index (χ1n) is 3.68. The molecule has 0 unspecified atom stereocenters. The first-order chi connectivity index (χ1) is 4.91. The van der Waals surface area contributed by atoms with Gasteiger partial charge in [-0.25, -0.2) is 0 Å². The van der Waals surface area contributed by atoms with E-state index in [9.17, 15) is 0 Å². The fraction of sp³-hybridized carbons (Fsp3) is 1.00. The van der Waals surface area contributed by atoms with Gasteiger partial charge in [0, 0.05) is 19.8 Å². The monoisotopic (exact) mass is 148 g/mol. The lowest BCUT2D eigenvalue weighted by atomic mass is 10.3. The summed E-state index contributed by atoms with van der Waals surface area (Å²) in [6, 6.07) is 0. The Labute approximate surface area is 62.0 Å². The minimum Gasteiger partial charge on any atom is -0.396 e. The minimum atomic E-state index is 0.248. The van der Waals surface area contributed by atoms with E-state index >= 15 is 0 Å². The van der Waals surface area contributed by atoms with Gasteiger partial charge in [0.05, 0.1) is 0 Å². The molecule has 3 heteroatoms. The van der Waals surface area contributed by atoms with Gasteiger partial charge in [0.1, 0.15) is 6.79 Å². The lowest BCUT2D eigenvalue weighted by Crippen LogP contribution is -2.01. The van der Waals surface area contributed by atoms with Gasteiger partial charge in [0.25, 0.3) is 0 Å². The Bertz CT molecular complexity index is 48.8. The molecule has 0 amide bonds. The summed E-state index contributed by atoms with van der Waals surface area (Å²) in [5.41, 5.74) is 0. The zero-order chi connectivity index (χ0) is 7.66. The van der Waals surface area contributed by atoms with Gasteiger partial charge >= 0.3 is 0 Å². The highest BCUT2D eigenvalue weighted by molar-refractivity contribution is 4.33. The number of aliphatic hydroxyl groups excluding tert-OH is 1. The maximum absolute atomic E-state index is 8.38. The normalized spacial score (nSPS) is 10.2. The summed E-state index contributed by atoms with van der Waals surface area (Å²) in [5.74, 6) is 0. The molecule has 1 N–H and O–H groups in total. The lowest BCUT2D eigenvalue weighted by molar-refractivity contribution is -0.0506. The Morgan fingerprint density at radius 1 is 1.20 bits per heavy atom. The highest BCUT2D eigenvalue weighted by Gasteiger charge is 1.86. The molecule has 3 nitrogen and oxygen atoms in total. The van der Waals surface area contributed by atoms with E-state index in [0.29, 0.717) is 20.0 Å². The molecule has 0 aromatic rings. The highest BCUT2D eigenvalue weighted by atomic mass is 16.7. The van der Waals surface area contributed by atoms with Crippen molar-refractivity contribution in [1.29, 1.82) is 0 Å². The summed E-state index contributed by atoms with van der Waals surface area (Å²) < 4.78 is 9.97. The van der Waals surface area contributed by atoms with Crippen LogP contribution in [0.2, 0.25) is 0 Å². The van der Waals surface area contributed by atoms with E-state index in [2.05, 4.69) is 0 Å². The second-order valence-corrected chi connectivity index (χ2v) is 1.95. The van der Waals surface area contributed by atoms with Crippen LogP contribution in [0.15, 0.2) is 0 Å². The molecule has 0 aliphatic carbocycles. The van der Waals surface area contributed by atoms with E-state index in [-0.39, 0.29) is 6.61 Å². The van der Waals surface area contributed by atoms with Crippen molar-refractivity contribution in [1.82, 2.24) is 0 Å². The van der Waals surface area contributed by atoms with Gasteiger partial charge in [-0.3, -0.25) is 0 Å². The first kappa shape index (κ1) is 9.88. The van der Waals surface area contributed by atoms with Crippen molar-refractivity contribution >= 4 is 0 Å². The lowest BCUT2D eigenvalue weighted by Gasteiger charge is -2.01. The number of hydrogen-bond donors (Lipinski definition) is 1. The SMILES string of the molecule is CCOCOCCCCO. The van der Waals surface area contributed by atoms with Gasteiger partial charge in [-0.1, -0.05) is 0 Å². The van der Waals surface area contributed by atoms with Gasteiger partial charge in [-0.05, 0) is 19.8 Å². The molecule has 0 rings (SSSR count). The molecule has 0 saturated carbocycles. The molecule has 0 heterocycles. The Kier molecular flexibility index (Phi) is 8.77. The van der Waals surface area contributed by atoms with E-state index in [1.165, 1.54) is 0 Å². The third-order valence-electron chi connectivity index (χ3n) is 1.07. The van der Waals surface area contributed by atoms with Gasteiger partial charge in [0.2, 0.25) is 0 Å². The number of rotatable bonds is 7. The van der Waals surface area contributed by atoms with Crippen molar-refractivity contribution in [3.63, 3.8) is 0 Å². The number of hydrogen-bond acceptors (Lipinski definition) is 3. The van der Waals surface area contributed by atoms with Gasteiger partial charge < -0.3 is 14.6 Å². The van der Waals surface area contributed by atoms with E-state index in [0.717, 1.165) is 12.8 Å². The van der Waals surface area contributed by atoms with Crippen LogP contribution in [0.3, 0.4) is 0 Å². The van der Waals surface area contributed by atoms with Crippen LogP contribution in [-0.4, -0.2) is 31.7 Å². The summed E-state index contributed by atoms with van der Waals surface area (Å²) in [6.07, 6.45) is 1.72. The molecule has 0 fully saturated rings. The summed E-state index contributed by atoms with van der Waals surface area (Å²) in [7, 11) is 0. The Morgan fingerprint density at radius 2 is 2.00 bits per heavy atom. The molecular formula is C7H16O3. The van der Waals surface area contributed by atoms with Crippen molar-refractivity contribution in [2.45, 2.75) is 19.8 Å². The van der Waals surface area contributed by atoms with E-state index in [1.807, 2.05) is 6.92 Å². The maximum atomic E-state index is 8.38. The molecular weight excluding hydrogens is 132 g/mol. The van der Waals surface area contributed by atoms with Crippen molar-refractivity contribution in [3.8, 4) is 0 Å². The topological polar surface area (TPSA) is 38.7 Å². The molecule has 10 heavy (non-hydrogen) atoms. The van der Waals surface area contributed by atoms with Crippen molar-refractivity contribution in [3.05, 3.63) is 0 Å². The minimum absolute atomic E-state index is 0.248. The fourth-order valence-corrected chi connectivity index (χ4v) is 0.517. The molecule has 0 aliphatic rings. The molecule has 0 aromatic heterocycles. The molecule has 0 saturated heterocycles. The highest BCUT2D eigenvalue weighted by Crippen LogP contribution is 1.88. The molecule has 0 bridgehead atoms. The third kappa shape index (κ3) is 7.88. The van der Waals surface area contributed by atoms with Gasteiger partial charge in [-0.15, -0.1) is 0 Å². The molecule has 62 valence electrons. The molecule has 0 aromatic carbocycles. The third-order valence-corrected chi connectivity index (χ3v) is 1.07. The largest absolute Gasteiger partial charge is 0.396 e. The predicted octanol–water partition coefficient (Wildman–Crippen LogP) is 0.769. The van der Waals surface area contributed by atoms with Crippen molar-refractivity contribution < 1.29 is 14.6 Å². The van der Waals surface area contributed by atoms with Crippen LogP contribution >= 0.6 is 0 Å². The average Bonchev–Trinajstić information content (AvgIpc) is 1.97. The van der Waals surface area contributed by atoms with E-state index < -0.39 is 0 Å². The van der Waals surface area contributed by atoms with Crippen LogP contribution in [-0.2, 0) is 9.47 Å². The second kappa shape index (κ2) is 8.88. The van der Waals surface area contributed by atoms with Gasteiger partial charge in [-0.2, -0.15) is 0 Å². The maximum Gasteiger partial charge on any atom is 0.146 e. The zero-order valence-corrected chi connectivity index (χ0v) is 6.51. The molecule has 0 spiro atoms. The standard InChI is InChI=1S/C7H16O3/c1-2-9-7-10-6-4-3-5-8/h8H,2-7H2,1H3. The van der Waals surface area contributed by atoms with Crippen LogP contribution in [0.4, 0.5) is 0 Å². The molecule has 0 radical (unpaired) electrons. The van der Waals surface area contributed by atoms with Crippen LogP contribution in [0.5, 0.6) is 0 Å². The molecule has 0 aliphatic heterocycles. The smallest absolute Gasteiger partial charge is 0.146 e. The quantitative estimate of drug-likeness (QED) is 0.428. The second-order valence-electron chi connectivity index (χ2n) is 1.95. The number of unbranched alkanes of at least 4 members (excludes halogenated alkanes) is 1. The van der Waals surface area contributed by atoms with Gasteiger partial charge in [0.15, 0.2) is 0 Å². The summed E-state index contributed by atoms with van der Waals surface area (Å²) >= 11 is 0. The molecule has 0 atom stereocenters. The Hall–Kier alpha value is -0.120. The van der Waals surface area contributed by atoms with Crippen molar-refractivity contribution in [2.75, 3.05) is 26.6 Å². The van der Waals surface area contributed by atoms with Crippen LogP contribution in [0.25, 0.3) is 0 Å².